The number of hydrogen-bond acceptors (Lipinski definition) is 4. The van der Waals surface area contributed by atoms with Crippen LogP contribution in [0.2, 0.25) is 0 Å². The first-order valence-electron chi connectivity index (χ1n) is 10.0. The van der Waals surface area contributed by atoms with Crippen LogP contribution < -0.4 is 10.6 Å². The second-order valence-corrected chi connectivity index (χ2v) is 8.50. The molecule has 7 heteroatoms. The molecule has 1 aliphatic rings. The molecule has 0 aromatic heterocycles. The van der Waals surface area contributed by atoms with E-state index >= 15 is 0 Å². The number of amides is 2. The van der Waals surface area contributed by atoms with Crippen LogP contribution in [-0.2, 0) is 14.3 Å². The lowest BCUT2D eigenvalue weighted by Gasteiger charge is -2.30. The van der Waals surface area contributed by atoms with E-state index in [1.165, 1.54) is 0 Å². The molecule has 28 heavy (non-hydrogen) atoms. The minimum atomic E-state index is -0.0300. The number of anilines is 1. The van der Waals surface area contributed by atoms with Crippen LogP contribution in [0.3, 0.4) is 0 Å². The third kappa shape index (κ3) is 7.89. The highest BCUT2D eigenvalue weighted by molar-refractivity contribution is 9.10. The van der Waals surface area contributed by atoms with Gasteiger partial charge in [0.05, 0.1) is 18.3 Å². The number of rotatable bonds is 9. The summed E-state index contributed by atoms with van der Waals surface area (Å²) in [6.07, 6.45) is 2.63. The maximum Gasteiger partial charge on any atom is 0.238 e. The number of carbonyl (C=O) groups is 2. The van der Waals surface area contributed by atoms with Gasteiger partial charge in [0.1, 0.15) is 0 Å². The molecule has 1 saturated heterocycles. The number of aryl methyl sites for hydroxylation is 1. The van der Waals surface area contributed by atoms with Crippen LogP contribution in [0.1, 0.15) is 38.7 Å². The van der Waals surface area contributed by atoms with Crippen molar-refractivity contribution in [1.82, 2.24) is 10.2 Å². The first-order valence-corrected chi connectivity index (χ1v) is 10.8. The van der Waals surface area contributed by atoms with E-state index in [1.807, 2.05) is 39.0 Å². The lowest BCUT2D eigenvalue weighted by atomic mass is 9.96. The Morgan fingerprint density at radius 2 is 2.00 bits per heavy atom. The van der Waals surface area contributed by atoms with Crippen molar-refractivity contribution in [1.29, 1.82) is 0 Å². The maximum absolute atomic E-state index is 12.3. The van der Waals surface area contributed by atoms with Crippen LogP contribution in [-0.4, -0.2) is 55.6 Å². The van der Waals surface area contributed by atoms with Gasteiger partial charge in [-0.05, 0) is 86.7 Å². The van der Waals surface area contributed by atoms with Gasteiger partial charge < -0.3 is 15.4 Å². The number of ether oxygens (including phenoxy) is 1. The zero-order chi connectivity index (χ0) is 20.5. The minimum absolute atomic E-state index is 0.0300. The highest BCUT2D eigenvalue weighted by atomic mass is 79.9. The topological polar surface area (TPSA) is 70.7 Å². The van der Waals surface area contributed by atoms with Gasteiger partial charge in [0.15, 0.2) is 0 Å². The molecule has 1 aromatic carbocycles. The van der Waals surface area contributed by atoms with Crippen molar-refractivity contribution in [2.45, 2.75) is 46.1 Å². The fourth-order valence-corrected chi connectivity index (χ4v) is 3.81. The molecule has 2 amide bonds. The molecule has 0 saturated carbocycles. The molecule has 1 aromatic rings. The molecule has 6 nitrogen and oxygen atoms in total. The van der Waals surface area contributed by atoms with E-state index in [1.54, 1.807) is 0 Å². The van der Waals surface area contributed by atoms with Crippen molar-refractivity contribution in [3.8, 4) is 0 Å². The molecule has 0 spiro atoms. The Hall–Kier alpha value is -1.44. The van der Waals surface area contributed by atoms with E-state index in [0.717, 1.165) is 48.1 Å². The number of piperidine rings is 1. The second-order valence-electron chi connectivity index (χ2n) is 7.65. The molecule has 2 rings (SSSR count). The monoisotopic (exact) mass is 453 g/mol. The summed E-state index contributed by atoms with van der Waals surface area (Å²) in [6, 6.07) is 5.86. The molecule has 0 bridgehead atoms. The Morgan fingerprint density at radius 3 is 2.64 bits per heavy atom. The number of nitrogens with one attached hydrogen (secondary N) is 2. The fourth-order valence-electron chi connectivity index (χ4n) is 3.21. The summed E-state index contributed by atoms with van der Waals surface area (Å²) in [4.78, 5) is 26.7. The van der Waals surface area contributed by atoms with Crippen molar-refractivity contribution in [2.75, 3.05) is 38.1 Å². The molecule has 1 heterocycles. The molecule has 2 N–H and O–H groups in total. The highest BCUT2D eigenvalue weighted by Gasteiger charge is 2.25. The average molecular weight is 454 g/mol. The second kappa shape index (κ2) is 11.5. The third-order valence-corrected chi connectivity index (χ3v) is 5.45. The minimum Gasteiger partial charge on any atom is -0.379 e. The van der Waals surface area contributed by atoms with Gasteiger partial charge in [-0.2, -0.15) is 0 Å². The molecule has 0 unspecified atom stereocenters. The van der Waals surface area contributed by atoms with Crippen molar-refractivity contribution in [2.24, 2.45) is 5.92 Å². The van der Waals surface area contributed by atoms with E-state index < -0.39 is 0 Å². The first kappa shape index (κ1) is 22.8. The Morgan fingerprint density at radius 1 is 1.29 bits per heavy atom. The lowest BCUT2D eigenvalue weighted by molar-refractivity contribution is -0.126. The zero-order valence-electron chi connectivity index (χ0n) is 17.1. The van der Waals surface area contributed by atoms with Crippen LogP contribution in [0.15, 0.2) is 22.7 Å². The SMILES string of the molecule is Cc1ccc(NC(=O)CN2CCC(C(=O)NCCCOC(C)C)CC2)c(Br)c1. The zero-order valence-corrected chi connectivity index (χ0v) is 18.7. The fraction of sp³-hybridized carbons (Fsp3) is 0.619. The van der Waals surface area contributed by atoms with Gasteiger partial charge in [0.2, 0.25) is 11.8 Å². The number of nitrogens with zero attached hydrogens (tertiary/aromatic N) is 1. The standard InChI is InChI=1S/C21H32BrN3O3/c1-15(2)28-12-4-9-23-21(27)17-7-10-25(11-8-17)14-20(26)24-19-6-5-16(3)13-18(19)22/h5-6,13,15,17H,4,7-12,14H2,1-3H3,(H,23,27)(H,24,26). The van der Waals surface area contributed by atoms with Crippen LogP contribution in [0, 0.1) is 12.8 Å². The van der Waals surface area contributed by atoms with Crippen LogP contribution >= 0.6 is 15.9 Å². The van der Waals surface area contributed by atoms with E-state index in [0.29, 0.717) is 19.7 Å². The van der Waals surface area contributed by atoms with Crippen molar-refractivity contribution < 1.29 is 14.3 Å². The number of hydrogen-bond donors (Lipinski definition) is 2. The summed E-state index contributed by atoms with van der Waals surface area (Å²) in [6.45, 7) is 9.21. The van der Waals surface area contributed by atoms with Gasteiger partial charge >= 0.3 is 0 Å². The lowest BCUT2D eigenvalue weighted by Crippen LogP contribution is -2.43. The predicted molar refractivity (Wildman–Crippen MR) is 115 cm³/mol. The summed E-state index contributed by atoms with van der Waals surface area (Å²) in [5, 5.41) is 5.95. The molecule has 0 aliphatic carbocycles. The molecular formula is C21H32BrN3O3. The first-order chi connectivity index (χ1) is 13.3. The van der Waals surface area contributed by atoms with Crippen LogP contribution in [0.4, 0.5) is 5.69 Å². The van der Waals surface area contributed by atoms with E-state index in [9.17, 15) is 9.59 Å². The van der Waals surface area contributed by atoms with Crippen molar-refractivity contribution >= 4 is 33.4 Å². The van der Waals surface area contributed by atoms with Crippen molar-refractivity contribution in [3.05, 3.63) is 28.2 Å². The number of benzene rings is 1. The van der Waals surface area contributed by atoms with E-state index in [4.69, 9.17) is 4.74 Å². The molecule has 156 valence electrons. The molecule has 0 atom stereocenters. The quantitative estimate of drug-likeness (QED) is 0.562. The third-order valence-electron chi connectivity index (χ3n) is 4.80. The van der Waals surface area contributed by atoms with Crippen LogP contribution in [0.5, 0.6) is 0 Å². The molecular weight excluding hydrogens is 422 g/mol. The average Bonchev–Trinajstić information content (AvgIpc) is 2.64. The Labute approximate surface area is 176 Å². The van der Waals surface area contributed by atoms with Gasteiger partial charge in [0, 0.05) is 23.5 Å². The largest absolute Gasteiger partial charge is 0.379 e. The summed E-state index contributed by atoms with van der Waals surface area (Å²) in [5.74, 6) is 0.131. The summed E-state index contributed by atoms with van der Waals surface area (Å²) in [7, 11) is 0. The smallest absolute Gasteiger partial charge is 0.238 e. The van der Waals surface area contributed by atoms with E-state index in [2.05, 4.69) is 31.5 Å². The number of likely N-dealkylation sites (tertiary alicyclic amines) is 1. The summed E-state index contributed by atoms with van der Waals surface area (Å²) in [5.41, 5.74) is 1.92. The number of carbonyl (C=O) groups excluding carboxylic acids is 2. The Kier molecular flexibility index (Phi) is 9.41. The van der Waals surface area contributed by atoms with Gasteiger partial charge in [0.25, 0.3) is 0 Å². The maximum atomic E-state index is 12.3. The molecule has 1 aliphatic heterocycles. The summed E-state index contributed by atoms with van der Waals surface area (Å²) < 4.78 is 6.36. The Balaban J connectivity index is 1.66. The predicted octanol–water partition coefficient (Wildman–Crippen LogP) is 3.34. The number of halogens is 1. The Bertz CT molecular complexity index is 658. The normalized spacial score (nSPS) is 15.6. The molecule has 1 fully saturated rings. The van der Waals surface area contributed by atoms with Crippen molar-refractivity contribution in [3.63, 3.8) is 0 Å². The van der Waals surface area contributed by atoms with Crippen LogP contribution in [0.25, 0.3) is 0 Å². The summed E-state index contributed by atoms with van der Waals surface area (Å²) >= 11 is 3.48. The van der Waals surface area contributed by atoms with E-state index in [-0.39, 0.29) is 23.8 Å². The molecule has 0 radical (unpaired) electrons. The highest BCUT2D eigenvalue weighted by Crippen LogP contribution is 2.23. The van der Waals surface area contributed by atoms with Gasteiger partial charge in [-0.1, -0.05) is 6.07 Å². The van der Waals surface area contributed by atoms with Gasteiger partial charge in [-0.25, -0.2) is 0 Å². The van der Waals surface area contributed by atoms with Gasteiger partial charge in [-0.3, -0.25) is 14.5 Å². The van der Waals surface area contributed by atoms with Gasteiger partial charge in [-0.15, -0.1) is 0 Å².